The maximum absolute atomic E-state index is 12.4. The Morgan fingerprint density at radius 2 is 2.00 bits per heavy atom. The van der Waals surface area contributed by atoms with E-state index in [1.165, 1.54) is 11.1 Å². The normalized spacial score (nSPS) is 13.4. The van der Waals surface area contributed by atoms with Gasteiger partial charge in [-0.2, -0.15) is 0 Å². The van der Waals surface area contributed by atoms with Crippen LogP contribution in [0.2, 0.25) is 5.02 Å². The number of carbonyl (C=O) groups is 2. The fourth-order valence-corrected chi connectivity index (χ4v) is 5.13. The van der Waals surface area contributed by atoms with Crippen LogP contribution in [0.4, 0.5) is 0 Å². The molecule has 0 bridgehead atoms. The summed E-state index contributed by atoms with van der Waals surface area (Å²) in [7, 11) is 0. The number of nitrogens with one attached hydrogen (secondary N) is 1. The maximum atomic E-state index is 12.4. The van der Waals surface area contributed by atoms with Gasteiger partial charge in [0.25, 0.3) is 0 Å². The molecule has 4 rings (SSSR count). The van der Waals surface area contributed by atoms with Crippen LogP contribution in [0, 0.1) is 6.92 Å². The van der Waals surface area contributed by atoms with E-state index in [4.69, 9.17) is 11.6 Å². The smallest absolute Gasteiger partial charge is 0.222 e. The molecular weight excluding hydrogens is 482 g/mol. The number of aryl methyl sites for hydroxylation is 2. The minimum atomic E-state index is -0.0350. The molecule has 1 aliphatic rings. The van der Waals surface area contributed by atoms with Crippen molar-refractivity contribution in [1.82, 2.24) is 25.0 Å². The van der Waals surface area contributed by atoms with Crippen molar-refractivity contribution < 1.29 is 9.59 Å². The van der Waals surface area contributed by atoms with Crippen LogP contribution in [0.15, 0.2) is 53.7 Å². The van der Waals surface area contributed by atoms with Crippen LogP contribution in [0.5, 0.6) is 0 Å². The van der Waals surface area contributed by atoms with Gasteiger partial charge < -0.3 is 10.2 Å². The molecule has 1 aromatic heterocycles. The summed E-state index contributed by atoms with van der Waals surface area (Å²) in [6.07, 6.45) is 3.11. The van der Waals surface area contributed by atoms with E-state index in [0.29, 0.717) is 37.4 Å². The highest BCUT2D eigenvalue weighted by Crippen LogP contribution is 2.27. The first kappa shape index (κ1) is 25.3. The molecule has 1 N–H and O–H groups in total. The van der Waals surface area contributed by atoms with Crippen LogP contribution in [0.3, 0.4) is 0 Å². The number of nitrogens with zero attached hydrogens (tertiary/aromatic N) is 4. The maximum Gasteiger partial charge on any atom is 0.222 e. The summed E-state index contributed by atoms with van der Waals surface area (Å²) in [4.78, 5) is 26.0. The Morgan fingerprint density at radius 3 is 2.74 bits per heavy atom. The molecule has 2 heterocycles. The van der Waals surface area contributed by atoms with E-state index in [2.05, 4.69) is 46.7 Å². The fourth-order valence-electron chi connectivity index (χ4n) is 4.01. The average Bonchev–Trinajstić information content (AvgIpc) is 3.45. The Morgan fingerprint density at radius 1 is 1.17 bits per heavy atom. The molecule has 9 heteroatoms. The van der Waals surface area contributed by atoms with Gasteiger partial charge in [-0.15, -0.1) is 10.2 Å². The minimum absolute atomic E-state index is 0.0350. The predicted molar refractivity (Wildman–Crippen MR) is 139 cm³/mol. The van der Waals surface area contributed by atoms with Gasteiger partial charge in [0.1, 0.15) is 5.82 Å². The van der Waals surface area contributed by atoms with Gasteiger partial charge in [0.05, 0.1) is 5.69 Å². The molecule has 0 radical (unpaired) electrons. The third-order valence-corrected chi connectivity index (χ3v) is 7.16. The molecular formula is C26H30ClN5O2S. The highest BCUT2D eigenvalue weighted by Gasteiger charge is 2.19. The van der Waals surface area contributed by atoms with Crippen molar-refractivity contribution in [3.63, 3.8) is 0 Å². The van der Waals surface area contributed by atoms with Crippen LogP contribution < -0.4 is 5.32 Å². The summed E-state index contributed by atoms with van der Waals surface area (Å²) in [5.74, 6) is 1.66. The first-order valence-electron chi connectivity index (χ1n) is 11.9. The summed E-state index contributed by atoms with van der Waals surface area (Å²) in [5, 5.41) is 13.2. The van der Waals surface area contributed by atoms with Crippen molar-refractivity contribution >= 4 is 35.2 Å². The monoisotopic (exact) mass is 511 g/mol. The van der Waals surface area contributed by atoms with Gasteiger partial charge in [-0.05, 0) is 43.5 Å². The number of thioether (sulfide) groups is 1. The number of benzene rings is 2. The van der Waals surface area contributed by atoms with Gasteiger partial charge in [0.15, 0.2) is 5.16 Å². The van der Waals surface area contributed by atoms with E-state index < -0.39 is 0 Å². The van der Waals surface area contributed by atoms with Gasteiger partial charge >= 0.3 is 0 Å². The molecule has 1 aliphatic heterocycles. The van der Waals surface area contributed by atoms with Crippen molar-refractivity contribution in [1.29, 1.82) is 0 Å². The lowest BCUT2D eigenvalue weighted by Crippen LogP contribution is -2.30. The van der Waals surface area contributed by atoms with E-state index >= 15 is 0 Å². The predicted octanol–water partition coefficient (Wildman–Crippen LogP) is 4.58. The number of hydrogen-bond donors (Lipinski definition) is 1. The second-order valence-corrected chi connectivity index (χ2v) is 10.1. The van der Waals surface area contributed by atoms with Gasteiger partial charge in [-0.25, -0.2) is 0 Å². The zero-order valence-electron chi connectivity index (χ0n) is 19.9. The molecule has 1 saturated heterocycles. The fraction of sp³-hybridized carbons (Fsp3) is 0.385. The van der Waals surface area contributed by atoms with Gasteiger partial charge in [0, 0.05) is 49.7 Å². The molecule has 0 saturated carbocycles. The molecule has 0 unspecified atom stereocenters. The molecule has 1 fully saturated rings. The molecule has 2 amide bonds. The zero-order valence-corrected chi connectivity index (χ0v) is 21.4. The molecule has 0 aliphatic carbocycles. The Kier molecular flexibility index (Phi) is 8.82. The largest absolute Gasteiger partial charge is 0.356 e. The number of hydrogen-bond acceptors (Lipinski definition) is 5. The molecule has 7 nitrogen and oxygen atoms in total. The Hall–Kier alpha value is -2.84. The summed E-state index contributed by atoms with van der Waals surface area (Å²) < 4.78 is 1.98. The molecule has 35 heavy (non-hydrogen) atoms. The first-order chi connectivity index (χ1) is 17.0. The number of amides is 2. The molecule has 184 valence electrons. The van der Waals surface area contributed by atoms with E-state index in [1.807, 2.05) is 33.7 Å². The van der Waals surface area contributed by atoms with E-state index in [-0.39, 0.29) is 11.8 Å². The highest BCUT2D eigenvalue weighted by molar-refractivity contribution is 7.98. The Bertz CT molecular complexity index is 1160. The molecule has 0 atom stereocenters. The lowest BCUT2D eigenvalue weighted by molar-refractivity contribution is -0.127. The summed E-state index contributed by atoms with van der Waals surface area (Å²) in [6, 6.07) is 16.0. The first-order valence-corrected chi connectivity index (χ1v) is 13.3. The minimum Gasteiger partial charge on any atom is -0.356 e. The van der Waals surface area contributed by atoms with Crippen LogP contribution in [0.25, 0.3) is 5.69 Å². The standard InChI is InChI=1S/C26H30ClN5O2S/c1-19-8-10-20(11-9-19)18-35-26-30-29-23(32(26)22-6-2-5-21(27)17-22)12-13-24(33)28-14-4-16-31-15-3-7-25(31)34/h2,5-6,8-11,17H,3-4,7,12-16,18H2,1H3,(H,28,33). The van der Waals surface area contributed by atoms with Crippen molar-refractivity contribution in [2.24, 2.45) is 0 Å². The van der Waals surface area contributed by atoms with Crippen LogP contribution >= 0.6 is 23.4 Å². The van der Waals surface area contributed by atoms with Gasteiger partial charge in [-0.3, -0.25) is 14.2 Å². The van der Waals surface area contributed by atoms with E-state index in [0.717, 1.165) is 41.8 Å². The topological polar surface area (TPSA) is 80.1 Å². The molecule has 0 spiro atoms. The molecule has 3 aromatic rings. The molecule has 2 aromatic carbocycles. The number of aromatic nitrogens is 3. The number of rotatable bonds is 11. The number of likely N-dealkylation sites (tertiary alicyclic amines) is 1. The van der Waals surface area contributed by atoms with Crippen LogP contribution in [-0.2, 0) is 21.8 Å². The van der Waals surface area contributed by atoms with E-state index in [9.17, 15) is 9.59 Å². The average molecular weight is 512 g/mol. The summed E-state index contributed by atoms with van der Waals surface area (Å²) in [6.45, 7) is 4.16. The van der Waals surface area contributed by atoms with Crippen molar-refractivity contribution in [2.75, 3.05) is 19.6 Å². The third-order valence-electron chi connectivity index (χ3n) is 5.93. The SMILES string of the molecule is Cc1ccc(CSc2nnc(CCC(=O)NCCCN3CCCC3=O)n2-c2cccc(Cl)c2)cc1. The third kappa shape index (κ3) is 7.08. The summed E-state index contributed by atoms with van der Waals surface area (Å²) >= 11 is 7.86. The zero-order chi connectivity index (χ0) is 24.6. The second kappa shape index (κ2) is 12.2. The van der Waals surface area contributed by atoms with Crippen molar-refractivity contribution in [3.05, 3.63) is 70.5 Å². The van der Waals surface area contributed by atoms with Crippen LogP contribution in [-0.4, -0.2) is 51.1 Å². The lowest BCUT2D eigenvalue weighted by atomic mass is 10.2. The number of carbonyl (C=O) groups excluding carboxylic acids is 2. The second-order valence-electron chi connectivity index (χ2n) is 8.68. The van der Waals surface area contributed by atoms with E-state index in [1.54, 1.807) is 11.8 Å². The van der Waals surface area contributed by atoms with Gasteiger partial charge in [0.2, 0.25) is 11.8 Å². The van der Waals surface area contributed by atoms with Crippen molar-refractivity contribution in [2.45, 2.75) is 49.9 Å². The Balaban J connectivity index is 1.36. The number of halogens is 1. The quantitative estimate of drug-likeness (QED) is 0.301. The summed E-state index contributed by atoms with van der Waals surface area (Å²) in [5.41, 5.74) is 3.31. The Labute approximate surface area is 215 Å². The van der Waals surface area contributed by atoms with Crippen LogP contribution in [0.1, 0.15) is 42.6 Å². The lowest BCUT2D eigenvalue weighted by Gasteiger charge is -2.15. The van der Waals surface area contributed by atoms with Crippen molar-refractivity contribution in [3.8, 4) is 5.69 Å². The van der Waals surface area contributed by atoms with Gasteiger partial charge in [-0.1, -0.05) is 59.3 Å². The highest BCUT2D eigenvalue weighted by atomic mass is 35.5.